The van der Waals surface area contributed by atoms with Crippen LogP contribution < -0.4 is 0 Å². The van der Waals surface area contributed by atoms with Crippen molar-refractivity contribution in [1.82, 2.24) is 0 Å². The summed E-state index contributed by atoms with van der Waals surface area (Å²) in [6, 6.07) is 0. The molecule has 0 aliphatic carbocycles. The van der Waals surface area contributed by atoms with Crippen molar-refractivity contribution >= 4 is 0 Å². The molecule has 0 aliphatic heterocycles. The molecule has 0 aromatic heterocycles. The summed E-state index contributed by atoms with van der Waals surface area (Å²) in [6.45, 7) is 10.4. The topological polar surface area (TPSA) is 9.23 Å². The maximum absolute atomic E-state index is 5.41. The molecule has 0 unspecified atom stereocenters. The Balaban J connectivity index is 3.11. The van der Waals surface area contributed by atoms with Gasteiger partial charge < -0.3 is 4.74 Å². The van der Waals surface area contributed by atoms with Gasteiger partial charge >= 0.3 is 0 Å². The molecule has 12 heavy (non-hydrogen) atoms. The lowest BCUT2D eigenvalue weighted by molar-refractivity contribution is 0.149. The van der Waals surface area contributed by atoms with E-state index in [0.717, 1.165) is 25.6 Å². The summed E-state index contributed by atoms with van der Waals surface area (Å²) in [7, 11) is 0. The van der Waals surface area contributed by atoms with Crippen LogP contribution in [-0.2, 0) is 4.74 Å². The van der Waals surface area contributed by atoms with Crippen LogP contribution in [0.1, 0.15) is 34.1 Å². The standard InChI is InChI=1S/C11H22O/c1-10(2)6-5-8-12-9-7-11(3)4/h5-6,10-11H,7-9H2,1-4H3/b6-5-. The maximum Gasteiger partial charge on any atom is 0.0647 e. The second-order valence-corrected chi connectivity index (χ2v) is 3.93. The zero-order chi connectivity index (χ0) is 9.40. The molecular formula is C11H22O. The molecule has 1 heteroatoms. The molecule has 0 N–H and O–H groups in total. The Bertz CT molecular complexity index is 114. The average Bonchev–Trinajstić information content (AvgIpc) is 1.95. The largest absolute Gasteiger partial charge is 0.377 e. The fraction of sp³-hybridized carbons (Fsp3) is 0.818. The highest BCUT2D eigenvalue weighted by molar-refractivity contribution is 4.83. The SMILES string of the molecule is CC(C)/C=C\COCCC(C)C. The van der Waals surface area contributed by atoms with Gasteiger partial charge in [0.15, 0.2) is 0 Å². The van der Waals surface area contributed by atoms with E-state index in [1.165, 1.54) is 0 Å². The predicted molar refractivity (Wildman–Crippen MR) is 54.3 cm³/mol. The Labute approximate surface area is 76.8 Å². The predicted octanol–water partition coefficient (Wildman–Crippen LogP) is 3.26. The van der Waals surface area contributed by atoms with Gasteiger partial charge in [-0.1, -0.05) is 39.8 Å². The number of allylic oxidation sites excluding steroid dienone is 1. The molecule has 0 atom stereocenters. The lowest BCUT2D eigenvalue weighted by Gasteiger charge is -2.03. The van der Waals surface area contributed by atoms with Crippen LogP contribution >= 0.6 is 0 Å². The smallest absolute Gasteiger partial charge is 0.0647 e. The van der Waals surface area contributed by atoms with Gasteiger partial charge in [0.05, 0.1) is 6.61 Å². The molecule has 0 radical (unpaired) electrons. The molecule has 0 aromatic carbocycles. The third-order valence-electron chi connectivity index (χ3n) is 1.57. The zero-order valence-corrected chi connectivity index (χ0v) is 8.84. The normalized spacial score (nSPS) is 12.2. The minimum atomic E-state index is 0.638. The highest BCUT2D eigenvalue weighted by Gasteiger charge is 1.91. The Morgan fingerprint density at radius 3 is 2.33 bits per heavy atom. The van der Waals surface area contributed by atoms with Gasteiger partial charge in [0, 0.05) is 6.61 Å². The molecule has 0 aliphatic rings. The van der Waals surface area contributed by atoms with Gasteiger partial charge in [0.1, 0.15) is 0 Å². The lowest BCUT2D eigenvalue weighted by atomic mass is 10.1. The molecule has 0 fully saturated rings. The first-order valence-electron chi connectivity index (χ1n) is 4.87. The van der Waals surface area contributed by atoms with Gasteiger partial charge in [-0.2, -0.15) is 0 Å². The Hall–Kier alpha value is -0.300. The van der Waals surface area contributed by atoms with Crippen LogP contribution in [0.2, 0.25) is 0 Å². The maximum atomic E-state index is 5.41. The fourth-order valence-electron chi connectivity index (χ4n) is 0.798. The quantitative estimate of drug-likeness (QED) is 0.439. The molecule has 0 amide bonds. The second kappa shape index (κ2) is 7.35. The molecule has 0 spiro atoms. The first-order chi connectivity index (χ1) is 5.63. The summed E-state index contributed by atoms with van der Waals surface area (Å²) >= 11 is 0. The van der Waals surface area contributed by atoms with Crippen molar-refractivity contribution in [2.75, 3.05) is 13.2 Å². The van der Waals surface area contributed by atoms with Crippen LogP contribution in [-0.4, -0.2) is 13.2 Å². The summed E-state index contributed by atoms with van der Waals surface area (Å²) < 4.78 is 5.41. The van der Waals surface area contributed by atoms with E-state index in [-0.39, 0.29) is 0 Å². The van der Waals surface area contributed by atoms with Crippen molar-refractivity contribution in [2.24, 2.45) is 11.8 Å². The van der Waals surface area contributed by atoms with Crippen LogP contribution in [0.3, 0.4) is 0 Å². The third kappa shape index (κ3) is 9.70. The Morgan fingerprint density at radius 2 is 1.83 bits per heavy atom. The molecular weight excluding hydrogens is 148 g/mol. The van der Waals surface area contributed by atoms with Gasteiger partial charge in [0.25, 0.3) is 0 Å². The minimum Gasteiger partial charge on any atom is -0.377 e. The van der Waals surface area contributed by atoms with Crippen LogP contribution in [0, 0.1) is 11.8 Å². The molecule has 0 heterocycles. The van der Waals surface area contributed by atoms with E-state index in [1.807, 2.05) is 0 Å². The van der Waals surface area contributed by atoms with Crippen LogP contribution in [0.5, 0.6) is 0 Å². The molecule has 72 valence electrons. The number of rotatable bonds is 6. The van der Waals surface area contributed by atoms with Gasteiger partial charge in [0.2, 0.25) is 0 Å². The van der Waals surface area contributed by atoms with Crippen molar-refractivity contribution in [3.63, 3.8) is 0 Å². The van der Waals surface area contributed by atoms with Crippen molar-refractivity contribution in [3.8, 4) is 0 Å². The van der Waals surface area contributed by atoms with Crippen molar-refractivity contribution in [3.05, 3.63) is 12.2 Å². The second-order valence-electron chi connectivity index (χ2n) is 3.93. The lowest BCUT2D eigenvalue weighted by Crippen LogP contribution is -1.98. The highest BCUT2D eigenvalue weighted by atomic mass is 16.5. The van der Waals surface area contributed by atoms with Crippen LogP contribution in [0.15, 0.2) is 12.2 Å². The van der Waals surface area contributed by atoms with Crippen molar-refractivity contribution in [2.45, 2.75) is 34.1 Å². The summed E-state index contributed by atoms with van der Waals surface area (Å²) in [5, 5.41) is 0. The van der Waals surface area contributed by atoms with E-state index in [0.29, 0.717) is 5.92 Å². The zero-order valence-electron chi connectivity index (χ0n) is 8.84. The van der Waals surface area contributed by atoms with Crippen LogP contribution in [0.25, 0.3) is 0 Å². The third-order valence-corrected chi connectivity index (χ3v) is 1.57. The summed E-state index contributed by atoms with van der Waals surface area (Å²) in [5.41, 5.74) is 0. The first-order valence-corrected chi connectivity index (χ1v) is 4.87. The Morgan fingerprint density at radius 1 is 1.17 bits per heavy atom. The minimum absolute atomic E-state index is 0.638. The summed E-state index contributed by atoms with van der Waals surface area (Å²) in [4.78, 5) is 0. The van der Waals surface area contributed by atoms with E-state index in [1.54, 1.807) is 0 Å². The number of hydrogen-bond donors (Lipinski definition) is 0. The van der Waals surface area contributed by atoms with Gasteiger partial charge in [-0.3, -0.25) is 0 Å². The first kappa shape index (κ1) is 11.7. The molecule has 0 saturated carbocycles. The van der Waals surface area contributed by atoms with E-state index in [9.17, 15) is 0 Å². The number of ether oxygens (including phenoxy) is 1. The van der Waals surface area contributed by atoms with E-state index in [2.05, 4.69) is 39.8 Å². The van der Waals surface area contributed by atoms with Crippen molar-refractivity contribution in [1.29, 1.82) is 0 Å². The summed E-state index contributed by atoms with van der Waals surface area (Å²) in [5.74, 6) is 1.39. The number of hydrogen-bond acceptors (Lipinski definition) is 1. The van der Waals surface area contributed by atoms with Gasteiger partial charge in [-0.05, 0) is 18.3 Å². The van der Waals surface area contributed by atoms with E-state index in [4.69, 9.17) is 4.74 Å². The average molecular weight is 170 g/mol. The highest BCUT2D eigenvalue weighted by Crippen LogP contribution is 1.99. The fourth-order valence-corrected chi connectivity index (χ4v) is 0.798. The van der Waals surface area contributed by atoms with Crippen molar-refractivity contribution < 1.29 is 4.74 Å². The van der Waals surface area contributed by atoms with Gasteiger partial charge in [-0.25, -0.2) is 0 Å². The molecule has 0 saturated heterocycles. The van der Waals surface area contributed by atoms with E-state index >= 15 is 0 Å². The summed E-state index contributed by atoms with van der Waals surface area (Å²) in [6.07, 6.45) is 5.44. The van der Waals surface area contributed by atoms with Crippen LogP contribution in [0.4, 0.5) is 0 Å². The molecule has 1 nitrogen and oxygen atoms in total. The molecule has 0 bridgehead atoms. The van der Waals surface area contributed by atoms with Gasteiger partial charge in [-0.15, -0.1) is 0 Å². The monoisotopic (exact) mass is 170 g/mol. The molecule has 0 aromatic rings. The molecule has 0 rings (SSSR count). The van der Waals surface area contributed by atoms with E-state index < -0.39 is 0 Å². The Kier molecular flexibility index (Phi) is 7.17.